The number of nitrogens with one attached hydrogen (secondary N) is 2. The molecule has 0 spiro atoms. The van der Waals surface area contributed by atoms with Crippen LogP contribution in [0.3, 0.4) is 0 Å². The van der Waals surface area contributed by atoms with Gasteiger partial charge in [-0.1, -0.05) is 12.1 Å². The predicted molar refractivity (Wildman–Crippen MR) is 106 cm³/mol. The number of nitrogens with zero attached hydrogens (tertiary/aromatic N) is 1. The number of aromatic nitrogens is 1. The van der Waals surface area contributed by atoms with Crippen LogP contribution in [0, 0.1) is 0 Å². The number of ether oxygens (including phenoxy) is 1. The number of rotatable bonds is 9. The first-order chi connectivity index (χ1) is 13.9. The van der Waals surface area contributed by atoms with Gasteiger partial charge in [0.15, 0.2) is 5.58 Å². The average Bonchev–Trinajstić information content (AvgIpc) is 3.03. The molecule has 0 saturated heterocycles. The smallest absolute Gasteiger partial charge is 0.419 e. The minimum atomic E-state index is -3.90. The Morgan fingerprint density at radius 2 is 1.86 bits per heavy atom. The maximum absolute atomic E-state index is 12.2. The molecule has 0 unspecified atom stereocenters. The maximum atomic E-state index is 12.2. The number of carbonyl (C=O) groups is 1. The molecule has 0 saturated carbocycles. The number of sulfonamides is 1. The van der Waals surface area contributed by atoms with Crippen molar-refractivity contribution >= 4 is 27.0 Å². The summed E-state index contributed by atoms with van der Waals surface area (Å²) in [6.07, 6.45) is 0.359. The third-order valence-corrected chi connectivity index (χ3v) is 5.39. The van der Waals surface area contributed by atoms with Crippen LogP contribution in [0.25, 0.3) is 11.1 Å². The Balaban J connectivity index is 1.51. The van der Waals surface area contributed by atoms with Crippen molar-refractivity contribution in [2.45, 2.75) is 31.2 Å². The van der Waals surface area contributed by atoms with E-state index in [4.69, 9.17) is 9.15 Å². The fourth-order valence-electron chi connectivity index (χ4n) is 2.75. The Morgan fingerprint density at radius 3 is 2.59 bits per heavy atom. The minimum Gasteiger partial charge on any atom is -0.494 e. The van der Waals surface area contributed by atoms with Crippen LogP contribution in [0.1, 0.15) is 19.8 Å². The molecule has 29 heavy (non-hydrogen) atoms. The van der Waals surface area contributed by atoms with Crippen molar-refractivity contribution in [3.05, 3.63) is 59.1 Å². The van der Waals surface area contributed by atoms with Crippen LogP contribution >= 0.6 is 0 Å². The van der Waals surface area contributed by atoms with Gasteiger partial charge >= 0.3 is 5.76 Å². The lowest BCUT2D eigenvalue weighted by atomic mass is 10.3. The molecular weight excluding hydrogens is 398 g/mol. The predicted octanol–water partition coefficient (Wildman–Crippen LogP) is 1.78. The number of carbonyl (C=O) groups excluding carboxylic acids is 1. The topological polar surface area (TPSA) is 120 Å². The molecule has 0 aliphatic heterocycles. The summed E-state index contributed by atoms with van der Waals surface area (Å²) in [4.78, 5) is 25.9. The second-order valence-electron chi connectivity index (χ2n) is 6.15. The first-order valence-corrected chi connectivity index (χ1v) is 10.5. The van der Waals surface area contributed by atoms with E-state index in [1.54, 1.807) is 24.3 Å². The molecule has 1 heterocycles. The van der Waals surface area contributed by atoms with Crippen molar-refractivity contribution in [3.8, 4) is 5.75 Å². The van der Waals surface area contributed by atoms with Crippen LogP contribution < -0.4 is 20.7 Å². The molecular formula is C19H21N3O6S. The van der Waals surface area contributed by atoms with E-state index in [1.165, 1.54) is 28.8 Å². The zero-order valence-electron chi connectivity index (χ0n) is 15.8. The van der Waals surface area contributed by atoms with Gasteiger partial charge in [0.2, 0.25) is 5.91 Å². The van der Waals surface area contributed by atoms with E-state index in [-0.39, 0.29) is 17.9 Å². The molecule has 1 amide bonds. The SMILES string of the molecule is CCOc1ccc(S(=O)(=O)NNC(=O)CCCn2c(=O)oc3ccccc32)cc1. The molecule has 3 aromatic rings. The van der Waals surface area contributed by atoms with Gasteiger partial charge in [-0.3, -0.25) is 14.8 Å². The molecule has 3 rings (SSSR count). The lowest BCUT2D eigenvalue weighted by molar-refractivity contribution is -0.121. The van der Waals surface area contributed by atoms with Crippen LogP contribution in [0.5, 0.6) is 5.75 Å². The summed E-state index contributed by atoms with van der Waals surface area (Å²) in [6, 6.07) is 12.8. The Labute approximate surface area is 167 Å². The largest absolute Gasteiger partial charge is 0.494 e. The third kappa shape index (κ3) is 5.04. The highest BCUT2D eigenvalue weighted by Crippen LogP contribution is 2.15. The Hall–Kier alpha value is -3.11. The molecule has 0 atom stereocenters. The fourth-order valence-corrected chi connectivity index (χ4v) is 3.61. The summed E-state index contributed by atoms with van der Waals surface area (Å²) in [5.41, 5.74) is 3.30. The highest BCUT2D eigenvalue weighted by atomic mass is 32.2. The number of hydrazine groups is 1. The van der Waals surface area contributed by atoms with Crippen molar-refractivity contribution in [1.82, 2.24) is 14.8 Å². The van der Waals surface area contributed by atoms with Crippen LogP contribution in [0.15, 0.2) is 62.6 Å². The summed E-state index contributed by atoms with van der Waals surface area (Å²) in [5.74, 6) is -0.458. The third-order valence-electron chi connectivity index (χ3n) is 4.13. The van der Waals surface area contributed by atoms with Gasteiger partial charge in [-0.2, -0.15) is 0 Å². The van der Waals surface area contributed by atoms with Gasteiger partial charge in [-0.05, 0) is 49.7 Å². The molecule has 154 valence electrons. The molecule has 9 nitrogen and oxygen atoms in total. The zero-order valence-corrected chi connectivity index (χ0v) is 16.6. The number of hydrogen-bond acceptors (Lipinski definition) is 6. The van der Waals surface area contributed by atoms with E-state index in [0.29, 0.717) is 29.9 Å². The van der Waals surface area contributed by atoms with Gasteiger partial charge in [-0.25, -0.2) is 13.2 Å². The zero-order chi connectivity index (χ0) is 20.9. The van der Waals surface area contributed by atoms with Crippen LogP contribution in [-0.4, -0.2) is 25.5 Å². The Morgan fingerprint density at radius 1 is 1.14 bits per heavy atom. The van der Waals surface area contributed by atoms with Gasteiger partial charge in [0.25, 0.3) is 10.0 Å². The minimum absolute atomic E-state index is 0.00216. The van der Waals surface area contributed by atoms with Crippen LogP contribution in [-0.2, 0) is 21.4 Å². The molecule has 1 aromatic heterocycles. The molecule has 2 aromatic carbocycles. The summed E-state index contributed by atoms with van der Waals surface area (Å²) in [5, 5.41) is 0. The number of benzene rings is 2. The number of hydrogen-bond donors (Lipinski definition) is 2. The van der Waals surface area contributed by atoms with Gasteiger partial charge in [-0.15, -0.1) is 4.83 Å². The van der Waals surface area contributed by atoms with E-state index in [1.807, 2.05) is 6.92 Å². The maximum Gasteiger partial charge on any atom is 0.419 e. The Kier molecular flexibility index (Phi) is 6.35. The second-order valence-corrected chi connectivity index (χ2v) is 7.83. The highest BCUT2D eigenvalue weighted by Gasteiger charge is 2.15. The normalized spacial score (nSPS) is 11.5. The lowest BCUT2D eigenvalue weighted by Crippen LogP contribution is -2.41. The van der Waals surface area contributed by atoms with E-state index < -0.39 is 21.7 Å². The number of fused-ring (bicyclic) bond motifs is 1. The molecule has 0 radical (unpaired) electrons. The number of oxazole rings is 1. The Bertz CT molecular complexity index is 1150. The van der Waals surface area contributed by atoms with Crippen molar-refractivity contribution in [2.75, 3.05) is 6.61 Å². The van der Waals surface area contributed by atoms with Crippen molar-refractivity contribution in [3.63, 3.8) is 0 Å². The summed E-state index contributed by atoms with van der Waals surface area (Å²) in [6.45, 7) is 2.57. The van der Waals surface area contributed by atoms with Gasteiger partial charge in [0.05, 0.1) is 17.0 Å². The van der Waals surface area contributed by atoms with Gasteiger partial charge < -0.3 is 9.15 Å². The molecule has 2 N–H and O–H groups in total. The van der Waals surface area contributed by atoms with E-state index >= 15 is 0 Å². The summed E-state index contributed by atoms with van der Waals surface area (Å²) >= 11 is 0. The molecule has 0 fully saturated rings. The molecule has 0 aliphatic rings. The summed E-state index contributed by atoms with van der Waals surface area (Å²) in [7, 11) is -3.90. The standard InChI is InChI=1S/C19H21N3O6S/c1-2-27-14-9-11-15(12-10-14)29(25,26)21-20-18(23)8-5-13-22-16-6-3-4-7-17(16)28-19(22)24/h3-4,6-7,9-12,21H,2,5,8,13H2,1H3,(H,20,23). The first-order valence-electron chi connectivity index (χ1n) is 9.02. The molecule has 0 aliphatic carbocycles. The van der Waals surface area contributed by atoms with Crippen LogP contribution in [0.4, 0.5) is 0 Å². The monoisotopic (exact) mass is 419 g/mol. The van der Waals surface area contributed by atoms with E-state index in [2.05, 4.69) is 10.3 Å². The second kappa shape index (κ2) is 8.93. The van der Waals surface area contributed by atoms with Crippen molar-refractivity contribution in [1.29, 1.82) is 0 Å². The quantitative estimate of drug-likeness (QED) is 0.510. The number of para-hydroxylation sites is 2. The number of aryl methyl sites for hydroxylation is 1. The van der Waals surface area contributed by atoms with Gasteiger partial charge in [0, 0.05) is 13.0 Å². The molecule has 10 heteroatoms. The van der Waals surface area contributed by atoms with E-state index in [9.17, 15) is 18.0 Å². The lowest BCUT2D eigenvalue weighted by Gasteiger charge is -2.09. The van der Waals surface area contributed by atoms with E-state index in [0.717, 1.165) is 0 Å². The molecule has 0 bridgehead atoms. The average molecular weight is 419 g/mol. The fraction of sp³-hybridized carbons (Fsp3) is 0.263. The van der Waals surface area contributed by atoms with Crippen molar-refractivity contribution in [2.24, 2.45) is 0 Å². The van der Waals surface area contributed by atoms with Gasteiger partial charge in [0.1, 0.15) is 5.75 Å². The van der Waals surface area contributed by atoms with Crippen LogP contribution in [0.2, 0.25) is 0 Å². The highest BCUT2D eigenvalue weighted by molar-refractivity contribution is 7.89. The van der Waals surface area contributed by atoms with Crippen molar-refractivity contribution < 1.29 is 22.4 Å². The summed E-state index contributed by atoms with van der Waals surface area (Å²) < 4.78 is 36.3. The first kappa shape index (κ1) is 20.6. The number of amides is 1.